The third kappa shape index (κ3) is 2.69. The lowest BCUT2D eigenvalue weighted by Crippen LogP contribution is -2.17. The minimum atomic E-state index is -0.463. The van der Waals surface area contributed by atoms with Crippen LogP contribution in [0.3, 0.4) is 0 Å². The summed E-state index contributed by atoms with van der Waals surface area (Å²) in [6.45, 7) is 7.99. The number of alkyl halides is 1. The normalized spacial score (nSPS) is 18.5. The smallest absolute Gasteiger partial charge is 0.359 e. The molecule has 1 atom stereocenters. The largest absolute Gasteiger partial charge is 0.461 e. The van der Waals surface area contributed by atoms with Crippen molar-refractivity contribution in [2.45, 2.75) is 45.0 Å². The van der Waals surface area contributed by atoms with E-state index >= 15 is 0 Å². The van der Waals surface area contributed by atoms with Crippen LogP contribution in [0, 0.1) is 0 Å². The van der Waals surface area contributed by atoms with Crippen LogP contribution in [0.5, 0.6) is 0 Å². The molecule has 110 valence electrons. The van der Waals surface area contributed by atoms with E-state index < -0.39 is 11.5 Å². The van der Waals surface area contributed by atoms with Crippen LogP contribution in [0.15, 0.2) is 4.99 Å². The number of hydrogen-bond donors (Lipinski definition) is 0. The van der Waals surface area contributed by atoms with Gasteiger partial charge in [-0.25, -0.2) is 14.5 Å². The third-order valence-electron chi connectivity index (χ3n) is 2.93. The van der Waals surface area contributed by atoms with Crippen LogP contribution in [-0.4, -0.2) is 27.5 Å². The lowest BCUT2D eigenvalue weighted by atomic mass is 9.86. The van der Waals surface area contributed by atoms with Crippen molar-refractivity contribution in [2.75, 3.05) is 6.61 Å². The van der Waals surface area contributed by atoms with Gasteiger partial charge in [0.25, 0.3) is 0 Å². The fourth-order valence-corrected chi connectivity index (χ4v) is 2.73. The van der Waals surface area contributed by atoms with Crippen LogP contribution >= 0.6 is 23.2 Å². The average Bonchev–Trinajstić information content (AvgIpc) is 2.68. The summed E-state index contributed by atoms with van der Waals surface area (Å²) < 4.78 is 6.61. The Morgan fingerprint density at radius 1 is 1.50 bits per heavy atom. The number of aliphatic imine (C=N–C) groups is 1. The Bertz CT molecular complexity index is 573. The van der Waals surface area contributed by atoms with Gasteiger partial charge < -0.3 is 4.74 Å². The van der Waals surface area contributed by atoms with Crippen LogP contribution in [0.25, 0.3) is 0 Å². The lowest BCUT2D eigenvalue weighted by molar-refractivity contribution is 0.0515. The number of aromatic nitrogens is 2. The number of ether oxygens (including phenoxy) is 1. The summed E-state index contributed by atoms with van der Waals surface area (Å²) in [5, 5.41) is 4.71. The third-order valence-corrected chi connectivity index (χ3v) is 3.51. The summed E-state index contributed by atoms with van der Waals surface area (Å²) in [7, 11) is 0. The average molecular weight is 318 g/mol. The molecule has 5 nitrogen and oxygen atoms in total. The highest BCUT2D eigenvalue weighted by Crippen LogP contribution is 2.40. The molecule has 1 aromatic rings. The Balaban J connectivity index is 2.66. The molecule has 0 saturated heterocycles. The van der Waals surface area contributed by atoms with E-state index in [0.29, 0.717) is 29.6 Å². The number of hydrogen-bond acceptors (Lipinski definition) is 4. The molecule has 0 radical (unpaired) electrons. The maximum atomic E-state index is 12.1. The van der Waals surface area contributed by atoms with E-state index in [4.69, 9.17) is 27.9 Å². The van der Waals surface area contributed by atoms with Gasteiger partial charge in [-0.1, -0.05) is 44.0 Å². The second-order valence-electron chi connectivity index (χ2n) is 5.59. The van der Waals surface area contributed by atoms with Gasteiger partial charge in [0.1, 0.15) is 10.7 Å². The van der Waals surface area contributed by atoms with Crippen molar-refractivity contribution in [1.82, 2.24) is 9.78 Å². The molecule has 1 aliphatic heterocycles. The number of halogens is 2. The first-order valence-electron chi connectivity index (χ1n) is 6.43. The molecule has 1 aliphatic rings. The first kappa shape index (κ1) is 15.3. The van der Waals surface area contributed by atoms with Gasteiger partial charge in [-0.3, -0.25) is 0 Å². The van der Waals surface area contributed by atoms with Crippen molar-refractivity contribution in [3.05, 3.63) is 11.3 Å². The van der Waals surface area contributed by atoms with Gasteiger partial charge in [0.05, 0.1) is 6.61 Å². The molecule has 0 saturated carbocycles. The van der Waals surface area contributed by atoms with E-state index in [-0.39, 0.29) is 11.1 Å². The summed E-state index contributed by atoms with van der Waals surface area (Å²) in [4.78, 5) is 16.4. The zero-order valence-corrected chi connectivity index (χ0v) is 13.4. The fraction of sp³-hybridized carbons (Fsp3) is 0.615. The lowest BCUT2D eigenvalue weighted by Gasteiger charge is -2.22. The van der Waals surface area contributed by atoms with Gasteiger partial charge >= 0.3 is 5.97 Å². The van der Waals surface area contributed by atoms with Crippen molar-refractivity contribution in [1.29, 1.82) is 0 Å². The van der Waals surface area contributed by atoms with Gasteiger partial charge in [0.2, 0.25) is 0 Å². The fourth-order valence-electron chi connectivity index (χ4n) is 2.15. The van der Waals surface area contributed by atoms with Gasteiger partial charge in [-0.15, -0.1) is 0 Å². The molecule has 1 unspecified atom stereocenters. The molecule has 0 aliphatic carbocycles. The molecule has 2 heterocycles. The molecule has 0 amide bonds. The van der Waals surface area contributed by atoms with Crippen molar-refractivity contribution >= 4 is 40.2 Å². The van der Waals surface area contributed by atoms with Crippen LogP contribution < -0.4 is 0 Å². The van der Waals surface area contributed by atoms with Crippen LogP contribution in [-0.2, 0) is 10.2 Å². The summed E-state index contributed by atoms with van der Waals surface area (Å²) in [6.07, 6.45) is 0.392. The second kappa shape index (κ2) is 5.37. The summed E-state index contributed by atoms with van der Waals surface area (Å²) in [5.41, 5.74) is 0.193. The minimum absolute atomic E-state index is 0.259. The second-order valence-corrected chi connectivity index (χ2v) is 6.53. The van der Waals surface area contributed by atoms with Gasteiger partial charge in [0.15, 0.2) is 11.5 Å². The van der Waals surface area contributed by atoms with Crippen molar-refractivity contribution in [3.63, 3.8) is 0 Å². The molecule has 0 aromatic carbocycles. The number of nitrogens with zero attached hydrogens (tertiary/aromatic N) is 3. The highest BCUT2D eigenvalue weighted by molar-refractivity contribution is 6.66. The van der Waals surface area contributed by atoms with Crippen LogP contribution in [0.4, 0.5) is 5.82 Å². The Kier molecular flexibility index (Phi) is 4.12. The maximum Gasteiger partial charge on any atom is 0.359 e. The molecular formula is C13H17Cl2N3O2. The Morgan fingerprint density at radius 2 is 2.15 bits per heavy atom. The number of fused-ring (bicyclic) bond motifs is 1. The van der Waals surface area contributed by atoms with Crippen LogP contribution in [0.2, 0.25) is 0 Å². The standard InChI is InChI=1S/C13H17Cl2N3O2/c1-5-20-12(19)10-9(13(2,3)4)11-16-7(14)6-8(15)18(11)17-10/h8H,5-6H2,1-4H3. The maximum absolute atomic E-state index is 12.1. The Labute approximate surface area is 127 Å². The number of carbonyl (C=O) groups excluding carboxylic acids is 1. The molecule has 20 heavy (non-hydrogen) atoms. The monoisotopic (exact) mass is 317 g/mol. The first-order valence-corrected chi connectivity index (χ1v) is 7.24. The number of carbonyl (C=O) groups is 1. The summed E-state index contributed by atoms with van der Waals surface area (Å²) in [5.74, 6) is 0.0753. The van der Waals surface area contributed by atoms with E-state index in [1.807, 2.05) is 20.8 Å². The quantitative estimate of drug-likeness (QED) is 0.616. The highest BCUT2D eigenvalue weighted by atomic mass is 35.5. The van der Waals surface area contributed by atoms with E-state index in [1.165, 1.54) is 0 Å². The molecule has 0 N–H and O–H groups in total. The first-order chi connectivity index (χ1) is 9.25. The van der Waals surface area contributed by atoms with E-state index in [2.05, 4.69) is 10.1 Å². The Morgan fingerprint density at radius 3 is 2.70 bits per heavy atom. The molecule has 0 bridgehead atoms. The summed E-state index contributed by atoms with van der Waals surface area (Å²) in [6, 6.07) is 0. The van der Waals surface area contributed by atoms with Crippen molar-refractivity contribution in [2.24, 2.45) is 4.99 Å². The predicted octanol–water partition coefficient (Wildman–Crippen LogP) is 3.77. The molecule has 1 aromatic heterocycles. The van der Waals surface area contributed by atoms with E-state index in [9.17, 15) is 4.79 Å². The van der Waals surface area contributed by atoms with Gasteiger partial charge in [-0.2, -0.15) is 5.10 Å². The predicted molar refractivity (Wildman–Crippen MR) is 79.3 cm³/mol. The molecule has 2 rings (SSSR count). The number of esters is 1. The van der Waals surface area contributed by atoms with Crippen molar-refractivity contribution in [3.8, 4) is 0 Å². The van der Waals surface area contributed by atoms with Gasteiger partial charge in [0, 0.05) is 12.0 Å². The van der Waals surface area contributed by atoms with Crippen LogP contribution in [0.1, 0.15) is 55.7 Å². The SMILES string of the molecule is CCOC(=O)c1nn2c(c1C(C)(C)C)N=C(Cl)CC2Cl. The zero-order chi connectivity index (χ0) is 15.1. The molecule has 7 heteroatoms. The highest BCUT2D eigenvalue weighted by Gasteiger charge is 2.35. The molecule has 0 fully saturated rings. The van der Waals surface area contributed by atoms with Gasteiger partial charge in [-0.05, 0) is 12.3 Å². The number of rotatable bonds is 2. The zero-order valence-electron chi connectivity index (χ0n) is 11.9. The Hall–Kier alpha value is -1.07. The topological polar surface area (TPSA) is 56.5 Å². The summed E-state index contributed by atoms with van der Waals surface area (Å²) >= 11 is 12.3. The van der Waals surface area contributed by atoms with E-state index in [0.717, 1.165) is 0 Å². The molecule has 0 spiro atoms. The van der Waals surface area contributed by atoms with Crippen molar-refractivity contribution < 1.29 is 9.53 Å². The van der Waals surface area contributed by atoms with E-state index in [1.54, 1.807) is 11.6 Å². The molecular weight excluding hydrogens is 301 g/mol. The minimum Gasteiger partial charge on any atom is -0.461 e.